The van der Waals surface area contributed by atoms with Gasteiger partial charge in [0.1, 0.15) is 34.9 Å². The topological polar surface area (TPSA) is 47.1 Å². The van der Waals surface area contributed by atoms with E-state index in [1.165, 1.54) is 64.7 Å². The number of hydrogen-bond acceptors (Lipinski definition) is 9. The lowest BCUT2D eigenvalue weighted by atomic mass is 9.86. The zero-order chi connectivity index (χ0) is 111. The summed E-state index contributed by atoms with van der Waals surface area (Å²) in [5.74, 6) is -3.61. The Morgan fingerprint density at radius 3 is 1.01 bits per heavy atom. The van der Waals surface area contributed by atoms with Crippen LogP contribution in [0.3, 0.4) is 0 Å². The van der Waals surface area contributed by atoms with E-state index in [0.29, 0.717) is 33.7 Å². The van der Waals surface area contributed by atoms with Crippen molar-refractivity contribution in [3.05, 3.63) is 211 Å². The van der Waals surface area contributed by atoms with E-state index >= 15 is 4.39 Å². The fraction of sp³-hybridized carbons (Fsp3) is 0.621. The van der Waals surface area contributed by atoms with Gasteiger partial charge >= 0.3 is 0 Å². The van der Waals surface area contributed by atoms with Crippen molar-refractivity contribution in [3.63, 3.8) is 0 Å². The second kappa shape index (κ2) is 42.2. The number of piperidine rings is 3. The highest BCUT2D eigenvalue weighted by molar-refractivity contribution is 5.35. The van der Waals surface area contributed by atoms with Gasteiger partial charge in [0.05, 0.1) is 60.3 Å². The van der Waals surface area contributed by atoms with E-state index in [2.05, 4.69) is 46.1 Å². The summed E-state index contributed by atoms with van der Waals surface area (Å²) in [6.07, 6.45) is 5.33. The molecule has 12 rings (SSSR count). The van der Waals surface area contributed by atoms with E-state index in [1.54, 1.807) is 51.1 Å². The number of morpholine rings is 3. The van der Waals surface area contributed by atoms with Crippen molar-refractivity contribution in [1.82, 2.24) is 29.4 Å². The zero-order valence-corrected chi connectivity index (χ0v) is 68.3. The second-order valence-electron chi connectivity index (χ2n) is 34.3. The smallest absolute Gasteiger partial charge is 0.127 e. The minimum atomic E-state index is -3.55. The van der Waals surface area contributed by atoms with Crippen molar-refractivity contribution in [1.29, 1.82) is 0 Å². The van der Waals surface area contributed by atoms with E-state index in [-0.39, 0.29) is 72.6 Å². The summed E-state index contributed by atoms with van der Waals surface area (Å²) in [6.45, 7) is 0.588. The molecule has 6 saturated heterocycles. The average Bonchev–Trinajstić information content (AvgIpc) is 0.700. The molecule has 2 unspecified atom stereocenters. The van der Waals surface area contributed by atoms with Gasteiger partial charge in [0.15, 0.2) is 0 Å². The number of halogens is 6. The van der Waals surface area contributed by atoms with Crippen molar-refractivity contribution in [2.45, 2.75) is 280 Å². The Labute approximate surface area is 710 Å². The first kappa shape index (κ1) is 53.6. The molecule has 612 valence electrons. The molecule has 0 bridgehead atoms. The van der Waals surface area contributed by atoms with E-state index in [1.807, 2.05) is 73.3 Å². The molecule has 6 aromatic rings. The number of likely N-dealkylation sites (tertiary alicyclic amines) is 3. The highest BCUT2D eigenvalue weighted by atomic mass is 19.1. The predicted octanol–water partition coefficient (Wildman–Crippen LogP) is 22.0. The lowest BCUT2D eigenvalue weighted by molar-refractivity contribution is -0.0213. The van der Waals surface area contributed by atoms with Gasteiger partial charge in [0.25, 0.3) is 0 Å². The molecule has 6 heterocycles. The number of hydrogen-bond donors (Lipinski definition) is 0. The SMILES string of the molecule is CC(C)(C)c1ccc(CN2CCCCC2)cc1F.[2H]C([2H])(c1ccc(C(C)(C)C)c(F)c1)N1C([2H])([2H])C([2H])([2H])OC([2H])([2H])C1([2H])[2H].[2H]C([2H])(c1ccc(C(C)(C)C)c(F)c1)N1CCCCC1.[2H]C1([2H])OC([2H])(C)C([2H])([2H])N(Cc2ccc(C(C)(C)C)c(F)c2)C1([2H])[2H].[2H]c1c([2H])c(C(C)(C)C)c(F)c([2H])c1CN1CCCCC1.[2H]c1c([2H])c(C([2H])([2H])N2C([2H])([2H])C([2H])([2H])OC([2H])(C)C2([2H])[2H])c([2H])c(F)c1C(C)(C)C. The molecule has 6 aromatic carbocycles. The summed E-state index contributed by atoms with van der Waals surface area (Å²) in [6, 6.07) is 15.0. The second-order valence-corrected chi connectivity index (χ2v) is 34.3. The molecule has 0 amide bonds. The van der Waals surface area contributed by atoms with Crippen LogP contribution >= 0.6 is 0 Å². The molecule has 9 nitrogen and oxygen atoms in total. The van der Waals surface area contributed by atoms with Crippen LogP contribution in [0.1, 0.15) is 310 Å². The Bertz CT molecular complexity index is 5360. The molecule has 6 fully saturated rings. The predicted molar refractivity (Wildman–Crippen MR) is 445 cm³/mol. The maximum atomic E-state index is 15.1. The first-order chi connectivity index (χ1) is 64.5. The monoisotopic (exact) mass is 1560 g/mol. The Balaban J connectivity index is 0.000000236. The number of rotatable bonds is 12. The van der Waals surface area contributed by atoms with Gasteiger partial charge in [-0.05, 0) is 227 Å². The summed E-state index contributed by atoms with van der Waals surface area (Å²) in [5.41, 5.74) is -0.492. The standard InChI is InChI=1S/2C16H24FNO.3C16H24FN.C15H22FNO/c2*1-12-10-18(7-8-19-12)11-13-5-6-14(15(17)9-13)16(2,3)4;3*1-16(2,3)14-8-7-13(11-15(14)17)12-18-9-5-4-6-10-18;1-15(2,3)13-5-4-12(10-14(13)16)11-17-6-8-18-9-7-17/h2*5-6,9,12H,7-8,10-11H2,1-4H3;3*7-8,11H,4-6,9-10,12H2,1-3H3;4-5,10H,6-9,11H2,1-3H3/i5D,6D,7D2,8D2,9D,10D2,11D2,12D;7D2,8D2,10D2,12D;7D,8D,11D;12D2;;6D2,7D2,8D2,9D2,11D2. The third-order valence-electron chi connectivity index (χ3n) is 18.2. The van der Waals surface area contributed by atoms with Crippen molar-refractivity contribution in [2.24, 2.45) is 0 Å². The molecule has 0 saturated carbocycles. The molecular formula is C95H142F6N6O3. The molecule has 0 spiro atoms. The minimum absolute atomic E-state index is 0.0110. The third kappa shape index (κ3) is 31.0. The molecule has 110 heavy (non-hydrogen) atoms. The van der Waals surface area contributed by atoms with Crippen molar-refractivity contribution in [3.8, 4) is 0 Å². The van der Waals surface area contributed by atoms with Gasteiger partial charge in [-0.3, -0.25) is 29.4 Å². The Morgan fingerprint density at radius 1 is 0.336 bits per heavy atom. The van der Waals surface area contributed by atoms with Crippen molar-refractivity contribution in [2.75, 3.05) is 104 Å². The third-order valence-corrected chi connectivity index (χ3v) is 18.2. The Kier molecular flexibility index (Phi) is 20.6. The van der Waals surface area contributed by atoms with Crippen LogP contribution in [0.5, 0.6) is 0 Å². The first-order valence-electron chi connectivity index (χ1n) is 55.0. The van der Waals surface area contributed by atoms with E-state index < -0.39 is 178 Å². The van der Waals surface area contributed by atoms with Gasteiger partial charge in [-0.1, -0.05) is 217 Å². The zero-order valence-electron chi connectivity index (χ0n) is 102. The molecule has 15 heteroatoms. The molecule has 0 aromatic heterocycles. The molecule has 2 atom stereocenters. The van der Waals surface area contributed by atoms with Gasteiger partial charge in [-0.15, -0.1) is 0 Å². The maximum absolute atomic E-state index is 15.1. The lowest BCUT2D eigenvalue weighted by Crippen LogP contribution is -2.40. The Hall–Kier alpha value is -5.46. The quantitative estimate of drug-likeness (QED) is 0.112. The van der Waals surface area contributed by atoms with Gasteiger partial charge in [-0.2, -0.15) is 0 Å². The first-order valence-corrected chi connectivity index (χ1v) is 38.0. The molecule has 6 aliphatic heterocycles. The molecule has 0 aliphatic carbocycles. The largest absolute Gasteiger partial charge is 0.379 e. The van der Waals surface area contributed by atoms with Crippen LogP contribution in [-0.2, 0) is 85.8 Å². The summed E-state index contributed by atoms with van der Waals surface area (Å²) >= 11 is 0. The number of nitrogens with zero attached hydrogens (tertiary/aromatic N) is 6. The molecule has 6 aliphatic rings. The van der Waals surface area contributed by atoms with Crippen LogP contribution in [0.15, 0.2) is 109 Å². The van der Waals surface area contributed by atoms with E-state index in [0.717, 1.165) is 115 Å². The average molecular weight is 1560 g/mol. The normalized spacial score (nSPS) is 30.1. The number of benzene rings is 6. The fourth-order valence-electron chi connectivity index (χ4n) is 12.3. The van der Waals surface area contributed by atoms with Crippen molar-refractivity contribution < 1.29 is 87.2 Å². The van der Waals surface area contributed by atoms with Crippen LogP contribution in [-0.4, -0.2) is 146 Å². The highest BCUT2D eigenvalue weighted by Crippen LogP contribution is 2.33. The van der Waals surface area contributed by atoms with E-state index in [4.69, 9.17) is 51.3 Å². The lowest BCUT2D eigenvalue weighted by Gasteiger charge is -2.31. The van der Waals surface area contributed by atoms with Crippen LogP contribution in [0, 0.1) is 34.9 Å². The van der Waals surface area contributed by atoms with Crippen molar-refractivity contribution >= 4 is 0 Å². The van der Waals surface area contributed by atoms with Gasteiger partial charge in [0, 0.05) is 103 Å². The minimum Gasteiger partial charge on any atom is -0.379 e. The Morgan fingerprint density at radius 2 is 0.627 bits per heavy atom. The van der Waals surface area contributed by atoms with Gasteiger partial charge < -0.3 is 14.2 Å². The number of ether oxygens (including phenoxy) is 3. The molecule has 0 radical (unpaired) electrons. The fourth-order valence-corrected chi connectivity index (χ4v) is 12.3. The molecular weight excluding hydrogens is 1390 g/mol. The maximum Gasteiger partial charge on any atom is 0.127 e. The summed E-state index contributed by atoms with van der Waals surface area (Å²) in [4.78, 5) is 6.50. The van der Waals surface area contributed by atoms with E-state index in [9.17, 15) is 22.0 Å². The highest BCUT2D eigenvalue weighted by Gasteiger charge is 2.27. The molecule has 0 N–H and O–H groups in total. The summed E-state index contributed by atoms with van der Waals surface area (Å²) < 4.78 is 374. The van der Waals surface area contributed by atoms with Crippen LogP contribution in [0.2, 0.25) is 0 Å². The van der Waals surface area contributed by atoms with Gasteiger partial charge in [0.2, 0.25) is 0 Å². The van der Waals surface area contributed by atoms with Crippen LogP contribution in [0.25, 0.3) is 0 Å². The van der Waals surface area contributed by atoms with Crippen LogP contribution < -0.4 is 0 Å². The summed E-state index contributed by atoms with van der Waals surface area (Å²) in [7, 11) is 0. The van der Waals surface area contributed by atoms with Crippen LogP contribution in [0.4, 0.5) is 26.3 Å². The van der Waals surface area contributed by atoms with Gasteiger partial charge in [-0.25, -0.2) is 26.3 Å². The summed E-state index contributed by atoms with van der Waals surface area (Å²) in [5, 5.41) is 0.